The predicted octanol–water partition coefficient (Wildman–Crippen LogP) is 5.18. The van der Waals surface area contributed by atoms with E-state index >= 15 is 0 Å². The van der Waals surface area contributed by atoms with E-state index in [1.165, 1.54) is 5.56 Å². The van der Waals surface area contributed by atoms with Gasteiger partial charge in [0.15, 0.2) is 8.32 Å². The molecular weight excluding hydrogens is 544 g/mol. The molecule has 5 atom stereocenters. The lowest BCUT2D eigenvalue weighted by atomic mass is 9.93. The fourth-order valence-electron chi connectivity index (χ4n) is 6.80. The SMILES string of the molecule is C[C@H]1[C@H]([Si](C)(C)O)[C@@H](CC(=O)N2Cc3ccccc3C[C@H]2CO)O[C@H]1CCc1ccc(NC(=O)c2ccccc2)cc1. The molecule has 1 saturated heterocycles. The molecule has 3 N–H and O–H groups in total. The number of aryl methyl sites for hydroxylation is 1. The van der Waals surface area contributed by atoms with Crippen LogP contribution >= 0.6 is 0 Å². The van der Waals surface area contributed by atoms with Crippen molar-refractivity contribution in [1.29, 1.82) is 0 Å². The lowest BCUT2D eigenvalue weighted by Gasteiger charge is -2.37. The van der Waals surface area contributed by atoms with Crippen molar-refractivity contribution in [3.05, 3.63) is 101 Å². The minimum Gasteiger partial charge on any atom is -0.432 e. The number of benzene rings is 3. The summed E-state index contributed by atoms with van der Waals surface area (Å²) in [6.07, 6.45) is 1.99. The summed E-state index contributed by atoms with van der Waals surface area (Å²) in [5.41, 5.74) is 4.73. The maximum Gasteiger partial charge on any atom is 0.255 e. The number of ether oxygens (including phenoxy) is 1. The number of nitrogens with one attached hydrogen (secondary N) is 1. The first kappa shape index (κ1) is 30.2. The Balaban J connectivity index is 1.21. The number of anilines is 1. The van der Waals surface area contributed by atoms with Gasteiger partial charge in [-0.05, 0) is 79.2 Å². The molecule has 2 heterocycles. The molecular formula is C34H42N2O5Si. The van der Waals surface area contributed by atoms with Gasteiger partial charge in [0.2, 0.25) is 5.91 Å². The van der Waals surface area contributed by atoms with Gasteiger partial charge in [0, 0.05) is 23.3 Å². The van der Waals surface area contributed by atoms with E-state index in [1.807, 2.05) is 73.8 Å². The molecule has 0 aromatic heterocycles. The summed E-state index contributed by atoms with van der Waals surface area (Å²) >= 11 is 0. The van der Waals surface area contributed by atoms with Crippen LogP contribution in [0.15, 0.2) is 78.9 Å². The van der Waals surface area contributed by atoms with Crippen molar-refractivity contribution in [3.8, 4) is 0 Å². The van der Waals surface area contributed by atoms with Gasteiger partial charge in [0.05, 0.1) is 31.3 Å². The first-order valence-electron chi connectivity index (χ1n) is 14.9. The minimum atomic E-state index is -2.64. The number of rotatable bonds is 9. The van der Waals surface area contributed by atoms with Gasteiger partial charge in [-0.1, -0.05) is 61.5 Å². The van der Waals surface area contributed by atoms with Gasteiger partial charge in [-0.25, -0.2) is 0 Å². The second-order valence-corrected chi connectivity index (χ2v) is 16.3. The average Bonchev–Trinajstić information content (AvgIpc) is 3.31. The number of carbonyl (C=O) groups is 2. The minimum absolute atomic E-state index is 0.0298. The Morgan fingerprint density at radius 1 is 0.952 bits per heavy atom. The van der Waals surface area contributed by atoms with Gasteiger partial charge in [-0.15, -0.1) is 0 Å². The highest BCUT2D eigenvalue weighted by molar-refractivity contribution is 6.71. The number of fused-ring (bicyclic) bond motifs is 1. The summed E-state index contributed by atoms with van der Waals surface area (Å²) in [6, 6.07) is 24.8. The Labute approximate surface area is 249 Å². The Hall–Kier alpha value is -3.30. The maximum absolute atomic E-state index is 13.6. The number of aliphatic hydroxyl groups is 1. The molecule has 0 radical (unpaired) electrons. The van der Waals surface area contributed by atoms with E-state index in [9.17, 15) is 19.5 Å². The second-order valence-electron chi connectivity index (χ2n) is 12.3. The summed E-state index contributed by atoms with van der Waals surface area (Å²) in [7, 11) is -2.64. The molecule has 42 heavy (non-hydrogen) atoms. The third kappa shape index (κ3) is 6.84. The zero-order chi connectivity index (χ0) is 29.9. The highest BCUT2D eigenvalue weighted by Gasteiger charge is 2.50. The van der Waals surface area contributed by atoms with Gasteiger partial charge >= 0.3 is 0 Å². The number of hydrogen-bond donors (Lipinski definition) is 3. The van der Waals surface area contributed by atoms with Crippen LogP contribution in [0.3, 0.4) is 0 Å². The molecule has 0 bridgehead atoms. The number of aliphatic hydroxyl groups excluding tert-OH is 1. The van der Waals surface area contributed by atoms with E-state index in [2.05, 4.69) is 18.3 Å². The topological polar surface area (TPSA) is 99.1 Å². The Morgan fingerprint density at radius 2 is 1.62 bits per heavy atom. The normalized spacial score (nSPS) is 23.8. The van der Waals surface area contributed by atoms with E-state index in [1.54, 1.807) is 17.0 Å². The smallest absolute Gasteiger partial charge is 0.255 e. The second kappa shape index (κ2) is 12.9. The van der Waals surface area contributed by atoms with Crippen molar-refractivity contribution in [2.75, 3.05) is 11.9 Å². The van der Waals surface area contributed by atoms with Crippen molar-refractivity contribution in [1.82, 2.24) is 4.90 Å². The van der Waals surface area contributed by atoms with Crippen LogP contribution in [-0.4, -0.2) is 59.8 Å². The quantitative estimate of drug-likeness (QED) is 0.300. The molecule has 7 nitrogen and oxygen atoms in total. The van der Waals surface area contributed by atoms with Gasteiger partial charge in [-0.3, -0.25) is 9.59 Å². The Morgan fingerprint density at radius 3 is 2.29 bits per heavy atom. The van der Waals surface area contributed by atoms with E-state index in [0.717, 1.165) is 29.7 Å². The fraction of sp³-hybridized carbons (Fsp3) is 0.412. The van der Waals surface area contributed by atoms with Gasteiger partial charge in [0.1, 0.15) is 0 Å². The summed E-state index contributed by atoms with van der Waals surface area (Å²) in [5, 5.41) is 13.0. The Kier molecular flexibility index (Phi) is 9.28. The average molecular weight is 587 g/mol. The van der Waals surface area contributed by atoms with Crippen molar-refractivity contribution < 1.29 is 24.2 Å². The van der Waals surface area contributed by atoms with Gasteiger partial charge in [0.25, 0.3) is 5.91 Å². The molecule has 2 amide bonds. The summed E-state index contributed by atoms with van der Waals surface area (Å²) in [5.74, 6) is -0.0505. The first-order chi connectivity index (χ1) is 20.1. The molecule has 2 aliphatic heterocycles. The molecule has 3 aromatic rings. The Bertz CT molecular complexity index is 1370. The van der Waals surface area contributed by atoms with Crippen LogP contribution in [0.1, 0.15) is 46.8 Å². The van der Waals surface area contributed by atoms with Crippen LogP contribution in [0.4, 0.5) is 5.69 Å². The van der Waals surface area contributed by atoms with E-state index in [-0.39, 0.29) is 54.6 Å². The lowest BCUT2D eigenvalue weighted by Crippen LogP contribution is -2.48. The third-order valence-corrected chi connectivity index (χ3v) is 11.5. The fourth-order valence-corrected chi connectivity index (χ4v) is 9.40. The molecule has 5 rings (SSSR count). The molecule has 1 fully saturated rings. The number of nitrogens with zero attached hydrogens (tertiary/aromatic N) is 1. The monoisotopic (exact) mass is 586 g/mol. The zero-order valence-corrected chi connectivity index (χ0v) is 25.7. The summed E-state index contributed by atoms with van der Waals surface area (Å²) in [4.78, 5) is 39.1. The van der Waals surface area contributed by atoms with E-state index in [4.69, 9.17) is 4.74 Å². The van der Waals surface area contributed by atoms with Crippen molar-refractivity contribution in [3.63, 3.8) is 0 Å². The lowest BCUT2D eigenvalue weighted by molar-refractivity contribution is -0.138. The number of hydrogen-bond acceptors (Lipinski definition) is 5. The summed E-state index contributed by atoms with van der Waals surface area (Å²) in [6.45, 7) is 6.42. The zero-order valence-electron chi connectivity index (χ0n) is 24.7. The van der Waals surface area contributed by atoms with Crippen LogP contribution in [0.5, 0.6) is 0 Å². The molecule has 2 aliphatic rings. The molecule has 0 unspecified atom stereocenters. The van der Waals surface area contributed by atoms with Crippen LogP contribution < -0.4 is 5.32 Å². The van der Waals surface area contributed by atoms with Crippen LogP contribution in [-0.2, 0) is 28.9 Å². The first-order valence-corrected chi connectivity index (χ1v) is 18.0. The maximum atomic E-state index is 13.6. The molecule has 8 heteroatoms. The highest BCUT2D eigenvalue weighted by atomic mass is 28.4. The number of carbonyl (C=O) groups excluding carboxylic acids is 2. The molecule has 222 valence electrons. The third-order valence-electron chi connectivity index (χ3n) is 8.95. The van der Waals surface area contributed by atoms with E-state index < -0.39 is 8.32 Å². The molecule has 0 saturated carbocycles. The number of amides is 2. The molecule has 0 spiro atoms. The van der Waals surface area contributed by atoms with Crippen molar-refractivity contribution in [2.24, 2.45) is 5.92 Å². The van der Waals surface area contributed by atoms with Crippen LogP contribution in [0.25, 0.3) is 0 Å². The largest absolute Gasteiger partial charge is 0.432 e. The molecule has 0 aliphatic carbocycles. The standard InChI is InChI=1S/C34H42N2O5Si/c1-23-30(18-15-24-13-16-28(17-14-24)35-34(39)25-9-5-4-6-10-25)41-31(33(23)42(2,3)40)20-32(38)36-21-27-12-8-7-11-26(27)19-29(36)22-37/h4-14,16-17,23,29-31,33,37,40H,15,18-22H2,1-3H3,(H,35,39)/t23-,29+,30+,31-,33+/m1/s1. The van der Waals surface area contributed by atoms with Crippen molar-refractivity contribution >= 4 is 25.8 Å². The van der Waals surface area contributed by atoms with E-state index in [0.29, 0.717) is 18.5 Å². The van der Waals surface area contributed by atoms with Crippen LogP contribution in [0, 0.1) is 5.92 Å². The van der Waals surface area contributed by atoms with Crippen LogP contribution in [0.2, 0.25) is 18.6 Å². The predicted molar refractivity (Wildman–Crippen MR) is 167 cm³/mol. The van der Waals surface area contributed by atoms with Gasteiger partial charge in [-0.2, -0.15) is 0 Å². The molecule has 3 aromatic carbocycles. The highest BCUT2D eigenvalue weighted by Crippen LogP contribution is 2.46. The van der Waals surface area contributed by atoms with Crippen molar-refractivity contribution in [2.45, 2.75) is 76.0 Å². The van der Waals surface area contributed by atoms with Gasteiger partial charge < -0.3 is 24.9 Å². The summed E-state index contributed by atoms with van der Waals surface area (Å²) < 4.78 is 6.57.